The molecule has 0 aromatic heterocycles. The molecule has 0 aliphatic carbocycles. The molecule has 1 heterocycles. The summed E-state index contributed by atoms with van der Waals surface area (Å²) in [5.74, 6) is -1.67. The van der Waals surface area contributed by atoms with Crippen LogP contribution in [0.5, 0.6) is 0 Å². The Morgan fingerprint density at radius 2 is 1.44 bits per heavy atom. The summed E-state index contributed by atoms with van der Waals surface area (Å²) in [4.78, 5) is 18.0. The molecule has 1 saturated heterocycles. The van der Waals surface area contributed by atoms with Crippen molar-refractivity contribution in [1.82, 2.24) is 10.6 Å². The van der Waals surface area contributed by atoms with Crippen LogP contribution < -0.4 is 10.6 Å². The summed E-state index contributed by atoms with van der Waals surface area (Å²) in [6.07, 6.45) is 0. The zero-order valence-corrected chi connectivity index (χ0v) is 10.3. The van der Waals surface area contributed by atoms with E-state index in [-0.39, 0.29) is 0 Å². The molecule has 0 atom stereocenters. The Kier molecular flexibility index (Phi) is 9.83. The van der Waals surface area contributed by atoms with Gasteiger partial charge in [0.05, 0.1) is 0 Å². The predicted molar refractivity (Wildman–Crippen MR) is 61.6 cm³/mol. The van der Waals surface area contributed by atoms with E-state index >= 15 is 0 Å². The number of aliphatic carboxylic acids is 2. The van der Waals surface area contributed by atoms with Gasteiger partial charge in [0.15, 0.2) is 0 Å². The molecule has 16 heavy (non-hydrogen) atoms. The van der Waals surface area contributed by atoms with Crippen LogP contribution in [-0.2, 0) is 9.59 Å². The number of hydrogen-bond acceptors (Lipinski definition) is 4. The average Bonchev–Trinajstić information content (AvgIpc) is 2.00. The van der Waals surface area contributed by atoms with Gasteiger partial charge in [0, 0.05) is 39.0 Å². The third-order valence-corrected chi connectivity index (χ3v) is 1.47. The lowest BCUT2D eigenvalue weighted by Crippen LogP contribution is -2.55. The van der Waals surface area contributed by atoms with Gasteiger partial charge in [-0.05, 0) is 13.8 Å². The fourth-order valence-corrected chi connectivity index (χ4v) is 0.953. The molecule has 6 heteroatoms. The van der Waals surface area contributed by atoms with Crippen LogP contribution in [0.4, 0.5) is 0 Å². The van der Waals surface area contributed by atoms with Crippen LogP contribution in [-0.4, -0.2) is 47.3 Å². The minimum absolute atomic E-state index is 0.318. The van der Waals surface area contributed by atoms with Crippen LogP contribution >= 0.6 is 0 Å². The van der Waals surface area contributed by atoms with E-state index < -0.39 is 11.9 Å². The third kappa shape index (κ3) is 23.0. The Hall–Kier alpha value is -1.14. The Morgan fingerprint density at radius 1 is 1.06 bits per heavy atom. The maximum Gasteiger partial charge on any atom is 0.300 e. The molecule has 0 aromatic rings. The first-order valence-electron chi connectivity index (χ1n) is 5.02. The van der Waals surface area contributed by atoms with Crippen molar-refractivity contribution in [3.8, 4) is 0 Å². The van der Waals surface area contributed by atoms with Crippen molar-refractivity contribution in [3.63, 3.8) is 0 Å². The van der Waals surface area contributed by atoms with Gasteiger partial charge in [-0.1, -0.05) is 0 Å². The molecule has 0 spiro atoms. The van der Waals surface area contributed by atoms with Crippen molar-refractivity contribution in [3.05, 3.63) is 0 Å². The lowest BCUT2D eigenvalue weighted by Gasteiger charge is -2.31. The molecule has 1 fully saturated rings. The smallest absolute Gasteiger partial charge is 0.300 e. The van der Waals surface area contributed by atoms with Crippen LogP contribution in [0.2, 0.25) is 0 Å². The zero-order chi connectivity index (χ0) is 13.2. The summed E-state index contributed by atoms with van der Waals surface area (Å²) in [7, 11) is 0. The van der Waals surface area contributed by atoms with Crippen LogP contribution in [0.25, 0.3) is 0 Å². The molecular formula is C10H22N2O4. The van der Waals surface area contributed by atoms with E-state index in [1.807, 2.05) is 0 Å². The van der Waals surface area contributed by atoms with Crippen molar-refractivity contribution >= 4 is 11.9 Å². The van der Waals surface area contributed by atoms with Crippen molar-refractivity contribution < 1.29 is 19.8 Å². The number of hydrogen-bond donors (Lipinski definition) is 4. The molecule has 1 rings (SSSR count). The molecule has 0 radical (unpaired) electrons. The van der Waals surface area contributed by atoms with Crippen LogP contribution in [0.1, 0.15) is 27.7 Å². The van der Waals surface area contributed by atoms with Crippen LogP contribution in [0, 0.1) is 0 Å². The topological polar surface area (TPSA) is 98.7 Å². The summed E-state index contributed by atoms with van der Waals surface area (Å²) < 4.78 is 0. The second kappa shape index (κ2) is 9.11. The Labute approximate surface area is 96.0 Å². The van der Waals surface area contributed by atoms with Crippen molar-refractivity contribution in [1.29, 1.82) is 0 Å². The third-order valence-electron chi connectivity index (χ3n) is 1.47. The molecule has 0 bridgehead atoms. The molecule has 0 aromatic carbocycles. The highest BCUT2D eigenvalue weighted by atomic mass is 16.4. The quantitative estimate of drug-likeness (QED) is 0.476. The SMILES string of the molecule is CC(=O)O.CC(=O)O.CC1(C)CNCCN1. The second-order valence-electron chi connectivity index (χ2n) is 4.03. The minimum Gasteiger partial charge on any atom is -0.481 e. The number of carbonyl (C=O) groups is 2. The van der Waals surface area contributed by atoms with E-state index in [0.29, 0.717) is 5.54 Å². The Morgan fingerprint density at radius 3 is 1.56 bits per heavy atom. The monoisotopic (exact) mass is 234 g/mol. The van der Waals surface area contributed by atoms with Crippen molar-refractivity contribution in [2.75, 3.05) is 19.6 Å². The first-order valence-corrected chi connectivity index (χ1v) is 5.02. The minimum atomic E-state index is -0.833. The summed E-state index contributed by atoms with van der Waals surface area (Å²) in [6.45, 7) is 9.89. The first kappa shape index (κ1) is 17.3. The van der Waals surface area contributed by atoms with Gasteiger partial charge in [0.2, 0.25) is 0 Å². The second-order valence-corrected chi connectivity index (χ2v) is 4.03. The number of rotatable bonds is 0. The zero-order valence-electron chi connectivity index (χ0n) is 10.3. The Bertz CT molecular complexity index is 189. The molecular weight excluding hydrogens is 212 g/mol. The van der Waals surface area contributed by atoms with Gasteiger partial charge in [-0.3, -0.25) is 9.59 Å². The van der Waals surface area contributed by atoms with E-state index in [2.05, 4.69) is 24.5 Å². The van der Waals surface area contributed by atoms with Crippen molar-refractivity contribution in [2.24, 2.45) is 0 Å². The van der Waals surface area contributed by atoms with Crippen LogP contribution in [0.15, 0.2) is 0 Å². The summed E-state index contributed by atoms with van der Waals surface area (Å²) in [5.41, 5.74) is 0.318. The van der Waals surface area contributed by atoms with Crippen molar-refractivity contribution in [2.45, 2.75) is 33.2 Å². The van der Waals surface area contributed by atoms with E-state index in [9.17, 15) is 0 Å². The molecule has 1 aliphatic rings. The van der Waals surface area contributed by atoms with Gasteiger partial charge >= 0.3 is 0 Å². The van der Waals surface area contributed by atoms with Gasteiger partial charge in [-0.25, -0.2) is 0 Å². The number of carboxylic acid groups (broad SMARTS) is 2. The molecule has 96 valence electrons. The molecule has 0 saturated carbocycles. The predicted octanol–water partition coefficient (Wildman–Crippen LogP) is 0.140. The number of piperazine rings is 1. The maximum atomic E-state index is 9.00. The van der Waals surface area contributed by atoms with Gasteiger partial charge < -0.3 is 20.8 Å². The fraction of sp³-hybridized carbons (Fsp3) is 0.800. The first-order chi connectivity index (χ1) is 7.17. The molecule has 1 aliphatic heterocycles. The van der Waals surface area contributed by atoms with Gasteiger partial charge in [0.1, 0.15) is 0 Å². The highest BCUT2D eigenvalue weighted by Gasteiger charge is 2.18. The highest BCUT2D eigenvalue weighted by molar-refractivity contribution is 5.63. The van der Waals surface area contributed by atoms with Gasteiger partial charge in [-0.15, -0.1) is 0 Å². The van der Waals surface area contributed by atoms with E-state index in [4.69, 9.17) is 19.8 Å². The Balaban J connectivity index is 0. The molecule has 0 amide bonds. The summed E-state index contributed by atoms with van der Waals surface area (Å²) in [5, 5.41) is 21.5. The van der Waals surface area contributed by atoms with Gasteiger partial charge in [-0.2, -0.15) is 0 Å². The number of nitrogens with one attached hydrogen (secondary N) is 2. The summed E-state index contributed by atoms with van der Waals surface area (Å²) in [6, 6.07) is 0. The molecule has 0 unspecified atom stereocenters. The number of carboxylic acids is 2. The molecule has 6 nitrogen and oxygen atoms in total. The fourth-order valence-electron chi connectivity index (χ4n) is 0.953. The largest absolute Gasteiger partial charge is 0.481 e. The lowest BCUT2D eigenvalue weighted by atomic mass is 10.0. The van der Waals surface area contributed by atoms with Crippen LogP contribution in [0.3, 0.4) is 0 Å². The average molecular weight is 234 g/mol. The maximum absolute atomic E-state index is 9.00. The normalized spacial score (nSPS) is 17.0. The van der Waals surface area contributed by atoms with Gasteiger partial charge in [0.25, 0.3) is 11.9 Å². The highest BCUT2D eigenvalue weighted by Crippen LogP contribution is 2.00. The lowest BCUT2D eigenvalue weighted by molar-refractivity contribution is -0.135. The standard InChI is InChI=1S/C6H14N2.2C2H4O2/c1-6(2)5-7-3-4-8-6;2*1-2(3)4/h7-8H,3-5H2,1-2H3;2*1H3,(H,3,4). The van der Waals surface area contributed by atoms with E-state index in [0.717, 1.165) is 33.5 Å². The molecule has 4 N–H and O–H groups in total. The summed E-state index contributed by atoms with van der Waals surface area (Å²) >= 11 is 0. The van der Waals surface area contributed by atoms with E-state index in [1.54, 1.807) is 0 Å². The van der Waals surface area contributed by atoms with E-state index in [1.165, 1.54) is 0 Å².